The summed E-state index contributed by atoms with van der Waals surface area (Å²) in [4.78, 5) is 23.4. The molecule has 0 saturated carbocycles. The quantitative estimate of drug-likeness (QED) is 0.370. The molecule has 0 radical (unpaired) electrons. The lowest BCUT2D eigenvalue weighted by Gasteiger charge is -2.16. The van der Waals surface area contributed by atoms with Gasteiger partial charge in [0.2, 0.25) is 0 Å². The highest BCUT2D eigenvalue weighted by Crippen LogP contribution is 2.16. The van der Waals surface area contributed by atoms with Crippen molar-refractivity contribution in [1.82, 2.24) is 10.6 Å². The van der Waals surface area contributed by atoms with Crippen LogP contribution in [0.15, 0.2) is 29.8 Å². The first kappa shape index (κ1) is 13.8. The summed E-state index contributed by atoms with van der Waals surface area (Å²) in [7, 11) is 0. The second kappa shape index (κ2) is 5.99. The molecule has 0 atom stereocenters. The highest BCUT2D eigenvalue weighted by atomic mass is 32.1. The molecule has 1 aliphatic rings. The van der Waals surface area contributed by atoms with Gasteiger partial charge in [-0.1, -0.05) is 18.1 Å². The number of carbonyl (C=O) groups is 2. The van der Waals surface area contributed by atoms with Gasteiger partial charge in [0, 0.05) is 0 Å². The van der Waals surface area contributed by atoms with E-state index in [1.807, 2.05) is 0 Å². The predicted molar refractivity (Wildman–Crippen MR) is 77.6 cm³/mol. The van der Waals surface area contributed by atoms with Crippen molar-refractivity contribution in [3.05, 3.63) is 35.4 Å². The van der Waals surface area contributed by atoms with Gasteiger partial charge in [0.15, 0.2) is 5.11 Å². The van der Waals surface area contributed by atoms with E-state index in [0.717, 1.165) is 0 Å². The third-order valence-corrected chi connectivity index (χ3v) is 2.64. The molecule has 1 heterocycles. The minimum Gasteiger partial charge on any atom is -0.481 e. The van der Waals surface area contributed by atoms with Crippen LogP contribution in [0.1, 0.15) is 5.56 Å². The lowest BCUT2D eigenvalue weighted by Crippen LogP contribution is -2.51. The van der Waals surface area contributed by atoms with Crippen LogP contribution in [0.5, 0.6) is 5.75 Å². The van der Waals surface area contributed by atoms with Gasteiger partial charge >= 0.3 is 0 Å². The summed E-state index contributed by atoms with van der Waals surface area (Å²) in [5.74, 6) is 1.85. The lowest BCUT2D eigenvalue weighted by molar-refractivity contribution is -0.123. The number of carbonyl (C=O) groups excluding carboxylic acids is 2. The highest BCUT2D eigenvalue weighted by Gasteiger charge is 2.25. The van der Waals surface area contributed by atoms with E-state index < -0.39 is 11.8 Å². The Kier molecular flexibility index (Phi) is 4.13. The Morgan fingerprint density at radius 2 is 2.00 bits per heavy atom. The summed E-state index contributed by atoms with van der Waals surface area (Å²) in [5, 5.41) is 4.73. The molecule has 2 N–H and O–H groups in total. The average Bonchev–Trinajstić information content (AvgIpc) is 2.41. The maximum absolute atomic E-state index is 11.7. The van der Waals surface area contributed by atoms with Crippen LogP contribution in [-0.4, -0.2) is 23.5 Å². The number of thiocarbonyl (C=S) groups is 1. The van der Waals surface area contributed by atoms with Crippen molar-refractivity contribution in [2.45, 2.75) is 0 Å². The number of benzene rings is 1. The minimum atomic E-state index is -0.534. The molecular weight excluding hydrogens is 276 g/mol. The molecule has 2 amide bonds. The van der Waals surface area contributed by atoms with E-state index in [1.165, 1.54) is 6.08 Å². The second-order valence-corrected chi connectivity index (χ2v) is 4.27. The molecule has 6 heteroatoms. The molecule has 1 aromatic carbocycles. The first-order valence-corrected chi connectivity index (χ1v) is 6.05. The first-order valence-electron chi connectivity index (χ1n) is 5.65. The zero-order valence-electron chi connectivity index (χ0n) is 10.3. The molecule has 5 nitrogen and oxygen atoms in total. The molecule has 100 valence electrons. The molecule has 1 saturated heterocycles. The van der Waals surface area contributed by atoms with Crippen molar-refractivity contribution >= 4 is 35.2 Å². The van der Waals surface area contributed by atoms with E-state index in [-0.39, 0.29) is 17.3 Å². The largest absolute Gasteiger partial charge is 0.481 e. The Morgan fingerprint density at radius 1 is 1.30 bits per heavy atom. The van der Waals surface area contributed by atoms with Crippen LogP contribution in [0.25, 0.3) is 6.08 Å². The van der Waals surface area contributed by atoms with Gasteiger partial charge in [-0.3, -0.25) is 20.2 Å². The van der Waals surface area contributed by atoms with E-state index >= 15 is 0 Å². The summed E-state index contributed by atoms with van der Waals surface area (Å²) < 4.78 is 5.27. The van der Waals surface area contributed by atoms with Crippen LogP contribution in [0.2, 0.25) is 0 Å². The molecule has 1 fully saturated rings. The minimum absolute atomic E-state index is 0.00301. The van der Waals surface area contributed by atoms with Gasteiger partial charge in [-0.25, -0.2) is 0 Å². The predicted octanol–water partition coefficient (Wildman–Crippen LogP) is 0.613. The summed E-state index contributed by atoms with van der Waals surface area (Å²) in [6.45, 7) is 0.148. The number of nitrogens with one attached hydrogen (secondary N) is 2. The Hall–Kier alpha value is -2.65. The van der Waals surface area contributed by atoms with Crippen molar-refractivity contribution in [3.8, 4) is 18.1 Å². The number of hydrogen-bond acceptors (Lipinski definition) is 4. The van der Waals surface area contributed by atoms with Crippen LogP contribution < -0.4 is 15.4 Å². The van der Waals surface area contributed by atoms with Crippen LogP contribution in [-0.2, 0) is 9.59 Å². The van der Waals surface area contributed by atoms with Gasteiger partial charge in [-0.2, -0.15) is 0 Å². The molecule has 0 spiro atoms. The number of ether oxygens (including phenoxy) is 1. The standard InChI is InChI=1S/C14H10N2O3S/c1-2-6-19-10-5-3-4-9(7-10)8-11-12(17)15-14(20)16-13(11)18/h1,3-5,7-8H,6H2,(H2,15,16,17,18,20). The topological polar surface area (TPSA) is 67.4 Å². The fraction of sp³-hybridized carbons (Fsp3) is 0.0714. The lowest BCUT2D eigenvalue weighted by atomic mass is 10.1. The van der Waals surface area contributed by atoms with Gasteiger partial charge in [-0.05, 0) is 36.0 Å². The maximum Gasteiger partial charge on any atom is 0.263 e. The van der Waals surface area contributed by atoms with Gasteiger partial charge in [0.25, 0.3) is 11.8 Å². The fourth-order valence-electron chi connectivity index (χ4n) is 1.59. The molecule has 0 aromatic heterocycles. The highest BCUT2D eigenvalue weighted by molar-refractivity contribution is 7.80. The van der Waals surface area contributed by atoms with E-state index in [1.54, 1.807) is 24.3 Å². The fourth-order valence-corrected chi connectivity index (χ4v) is 1.78. The van der Waals surface area contributed by atoms with Gasteiger partial charge < -0.3 is 4.74 Å². The normalized spacial score (nSPS) is 14.2. The molecule has 0 aliphatic carbocycles. The monoisotopic (exact) mass is 286 g/mol. The Labute approximate surface area is 121 Å². The van der Waals surface area contributed by atoms with Gasteiger partial charge in [0.1, 0.15) is 17.9 Å². The number of amides is 2. The molecular formula is C14H10N2O3S. The van der Waals surface area contributed by atoms with Crippen molar-refractivity contribution < 1.29 is 14.3 Å². The number of rotatable bonds is 3. The van der Waals surface area contributed by atoms with E-state index in [0.29, 0.717) is 11.3 Å². The Balaban J connectivity index is 2.26. The van der Waals surface area contributed by atoms with Crippen molar-refractivity contribution in [1.29, 1.82) is 0 Å². The maximum atomic E-state index is 11.7. The first-order chi connectivity index (χ1) is 9.60. The van der Waals surface area contributed by atoms with Crippen molar-refractivity contribution in [2.24, 2.45) is 0 Å². The third-order valence-electron chi connectivity index (χ3n) is 2.43. The van der Waals surface area contributed by atoms with Crippen molar-refractivity contribution in [3.63, 3.8) is 0 Å². The average molecular weight is 286 g/mol. The Bertz CT molecular complexity index is 637. The Morgan fingerprint density at radius 3 is 2.65 bits per heavy atom. The van der Waals surface area contributed by atoms with Gasteiger partial charge in [-0.15, -0.1) is 6.42 Å². The van der Waals surface area contributed by atoms with Crippen LogP contribution in [0.3, 0.4) is 0 Å². The van der Waals surface area contributed by atoms with E-state index in [4.69, 9.17) is 23.4 Å². The van der Waals surface area contributed by atoms with E-state index in [9.17, 15) is 9.59 Å². The zero-order valence-corrected chi connectivity index (χ0v) is 11.1. The second-order valence-electron chi connectivity index (χ2n) is 3.86. The third kappa shape index (κ3) is 3.22. The van der Waals surface area contributed by atoms with Crippen LogP contribution in [0, 0.1) is 12.3 Å². The van der Waals surface area contributed by atoms with Gasteiger partial charge in [0.05, 0.1) is 0 Å². The summed E-state index contributed by atoms with van der Waals surface area (Å²) in [6.07, 6.45) is 6.56. The molecule has 20 heavy (non-hydrogen) atoms. The summed E-state index contributed by atoms with van der Waals surface area (Å²) >= 11 is 4.72. The SMILES string of the molecule is C#CCOc1cccc(C=C2C(=O)NC(=S)NC2=O)c1. The molecule has 1 aromatic rings. The van der Waals surface area contributed by atoms with Crippen LogP contribution in [0.4, 0.5) is 0 Å². The number of terminal acetylenes is 1. The van der Waals surface area contributed by atoms with Crippen LogP contribution >= 0.6 is 12.2 Å². The number of hydrogen-bond donors (Lipinski definition) is 2. The summed E-state index contributed by atoms with van der Waals surface area (Å²) in [5.41, 5.74) is 0.625. The molecule has 1 aliphatic heterocycles. The van der Waals surface area contributed by atoms with E-state index in [2.05, 4.69) is 16.6 Å². The summed E-state index contributed by atoms with van der Waals surface area (Å²) in [6, 6.07) is 6.89. The zero-order chi connectivity index (χ0) is 14.5. The van der Waals surface area contributed by atoms with Crippen molar-refractivity contribution in [2.75, 3.05) is 6.61 Å². The molecule has 2 rings (SSSR count). The smallest absolute Gasteiger partial charge is 0.263 e. The molecule has 0 bridgehead atoms. The molecule has 0 unspecified atom stereocenters.